The highest BCUT2D eigenvalue weighted by atomic mass is 79.9. The lowest BCUT2D eigenvalue weighted by molar-refractivity contribution is -0.721. The molecule has 0 bridgehead atoms. The van der Waals surface area contributed by atoms with Gasteiger partial charge in [-0.15, -0.1) is 0 Å². The van der Waals surface area contributed by atoms with Crippen LogP contribution in [0.2, 0.25) is 0 Å². The molecule has 0 fully saturated rings. The van der Waals surface area contributed by atoms with E-state index in [1.807, 2.05) is 18.7 Å². The van der Waals surface area contributed by atoms with Crippen LogP contribution >= 0.6 is 0 Å². The predicted molar refractivity (Wildman–Crippen MR) is 103 cm³/mol. The lowest BCUT2D eigenvalue weighted by atomic mass is 10.0. The van der Waals surface area contributed by atoms with Crippen LogP contribution in [0.1, 0.15) is 96.8 Å². The molecule has 0 aromatic carbocycles. The monoisotopic (exact) mass is 398 g/mol. The maximum atomic E-state index is 4.19. The van der Waals surface area contributed by atoms with Gasteiger partial charge in [-0.2, -0.15) is 0 Å². The van der Waals surface area contributed by atoms with Crippen LogP contribution in [0, 0.1) is 0 Å². The standard InChI is InChI=1S/C21H39N2.BrH/c1-3-5-6-7-8-9-10-11-12-13-14-15-16-17-19-23(4-2)20-18-22-21-23;/h4,18,20-21H,2-3,5-17,19H2,1H3;1H/q+1;/p-1. The van der Waals surface area contributed by atoms with Crippen molar-refractivity contribution in [1.29, 1.82) is 0 Å². The second kappa shape index (κ2) is 16.1. The van der Waals surface area contributed by atoms with Crippen LogP contribution in [-0.2, 0) is 0 Å². The van der Waals surface area contributed by atoms with Crippen LogP contribution in [0.3, 0.4) is 0 Å². The van der Waals surface area contributed by atoms with Gasteiger partial charge in [0.2, 0.25) is 0 Å². The minimum absolute atomic E-state index is 0. The fourth-order valence-electron chi connectivity index (χ4n) is 3.28. The summed E-state index contributed by atoms with van der Waals surface area (Å²) in [4.78, 5) is 4.19. The number of hydrogen-bond donors (Lipinski definition) is 0. The molecule has 0 aliphatic carbocycles. The predicted octanol–water partition coefficient (Wildman–Crippen LogP) is 3.95. The summed E-state index contributed by atoms with van der Waals surface area (Å²) in [6.07, 6.45) is 27.7. The molecule has 1 atom stereocenters. The van der Waals surface area contributed by atoms with E-state index in [-0.39, 0.29) is 17.0 Å². The van der Waals surface area contributed by atoms with Crippen molar-refractivity contribution in [2.45, 2.75) is 96.8 Å². The van der Waals surface area contributed by atoms with Gasteiger partial charge in [-0.1, -0.05) is 84.0 Å². The van der Waals surface area contributed by atoms with Crippen LogP contribution in [0.25, 0.3) is 0 Å². The molecule has 1 aliphatic rings. The van der Waals surface area contributed by atoms with Crippen molar-refractivity contribution in [2.75, 3.05) is 6.54 Å². The number of hydrogen-bond acceptors (Lipinski definition) is 1. The SMILES string of the molecule is C=C[N+]1(CCCCCCCCCCCCCCCC)C=CN=C1.[Br-]. The molecule has 0 amide bonds. The second-order valence-corrected chi connectivity index (χ2v) is 7.06. The topological polar surface area (TPSA) is 12.4 Å². The lowest BCUT2D eigenvalue weighted by Gasteiger charge is -2.21. The van der Waals surface area contributed by atoms with E-state index in [2.05, 4.69) is 24.7 Å². The quantitative estimate of drug-likeness (QED) is 0.275. The first kappa shape index (κ1) is 23.6. The Morgan fingerprint density at radius 2 is 1.25 bits per heavy atom. The lowest BCUT2D eigenvalue weighted by Crippen LogP contribution is -3.00. The Bertz CT molecular complexity index is 338. The maximum Gasteiger partial charge on any atom is 0.199 e. The average molecular weight is 399 g/mol. The Kier molecular flexibility index (Phi) is 15.8. The zero-order valence-corrected chi connectivity index (χ0v) is 17.5. The van der Waals surface area contributed by atoms with Crippen molar-refractivity contribution in [1.82, 2.24) is 0 Å². The maximum absolute atomic E-state index is 4.19. The minimum Gasteiger partial charge on any atom is -1.00 e. The van der Waals surface area contributed by atoms with Gasteiger partial charge in [0, 0.05) is 0 Å². The number of unbranched alkanes of at least 4 members (excludes halogenated alkanes) is 13. The van der Waals surface area contributed by atoms with Gasteiger partial charge in [0.25, 0.3) is 0 Å². The third-order valence-corrected chi connectivity index (χ3v) is 4.95. The van der Waals surface area contributed by atoms with E-state index in [9.17, 15) is 0 Å². The fraction of sp³-hybridized carbons (Fsp3) is 0.762. The first-order valence-corrected chi connectivity index (χ1v) is 10.1. The Labute approximate surface area is 161 Å². The summed E-state index contributed by atoms with van der Waals surface area (Å²) in [6.45, 7) is 7.33. The molecule has 2 nitrogen and oxygen atoms in total. The molecular formula is C21H39BrN2. The normalized spacial score (nSPS) is 18.7. The van der Waals surface area contributed by atoms with E-state index in [4.69, 9.17) is 0 Å². The highest BCUT2D eigenvalue weighted by molar-refractivity contribution is 5.51. The molecule has 1 heterocycles. The van der Waals surface area contributed by atoms with E-state index < -0.39 is 0 Å². The van der Waals surface area contributed by atoms with Gasteiger partial charge < -0.3 is 17.0 Å². The first-order valence-electron chi connectivity index (χ1n) is 10.1. The molecule has 0 N–H and O–H groups in total. The molecule has 1 aliphatic heterocycles. The highest BCUT2D eigenvalue weighted by Crippen LogP contribution is 2.16. The van der Waals surface area contributed by atoms with Crippen LogP contribution in [-0.4, -0.2) is 17.4 Å². The van der Waals surface area contributed by atoms with Crippen molar-refractivity contribution in [3.63, 3.8) is 0 Å². The first-order chi connectivity index (χ1) is 11.3. The Morgan fingerprint density at radius 1 is 0.792 bits per heavy atom. The summed E-state index contributed by atoms with van der Waals surface area (Å²) in [5.74, 6) is 0. The van der Waals surface area contributed by atoms with E-state index in [1.165, 1.54) is 89.9 Å². The van der Waals surface area contributed by atoms with E-state index in [0.29, 0.717) is 0 Å². The third kappa shape index (κ3) is 11.2. The average Bonchev–Trinajstić information content (AvgIpc) is 3.04. The summed E-state index contributed by atoms with van der Waals surface area (Å²) in [7, 11) is 0. The number of quaternary nitrogens is 1. The second-order valence-electron chi connectivity index (χ2n) is 7.06. The summed E-state index contributed by atoms with van der Waals surface area (Å²) >= 11 is 0. The minimum atomic E-state index is 0. The number of halogens is 1. The Morgan fingerprint density at radius 3 is 1.62 bits per heavy atom. The van der Waals surface area contributed by atoms with Crippen molar-refractivity contribution >= 4 is 6.34 Å². The van der Waals surface area contributed by atoms with E-state index >= 15 is 0 Å². The van der Waals surface area contributed by atoms with Gasteiger partial charge in [-0.05, 0) is 19.4 Å². The number of aliphatic imine (C=N–C) groups is 1. The molecule has 0 saturated heterocycles. The molecule has 0 aromatic heterocycles. The van der Waals surface area contributed by atoms with Gasteiger partial charge in [0.05, 0.1) is 18.9 Å². The van der Waals surface area contributed by atoms with Crippen LogP contribution in [0.5, 0.6) is 0 Å². The van der Waals surface area contributed by atoms with Crippen LogP contribution < -0.4 is 17.0 Å². The van der Waals surface area contributed by atoms with Gasteiger partial charge in [0.15, 0.2) is 6.34 Å². The van der Waals surface area contributed by atoms with E-state index in [0.717, 1.165) is 11.0 Å². The van der Waals surface area contributed by atoms with Crippen LogP contribution in [0.15, 0.2) is 30.2 Å². The van der Waals surface area contributed by atoms with E-state index in [1.54, 1.807) is 0 Å². The van der Waals surface area contributed by atoms with Crippen molar-refractivity contribution in [3.05, 3.63) is 25.2 Å². The number of nitrogens with zero attached hydrogens (tertiary/aromatic N) is 2. The van der Waals surface area contributed by atoms with Crippen molar-refractivity contribution < 1.29 is 21.5 Å². The third-order valence-electron chi connectivity index (χ3n) is 4.95. The summed E-state index contributed by atoms with van der Waals surface area (Å²) < 4.78 is 0.734. The molecular weight excluding hydrogens is 360 g/mol. The zero-order valence-electron chi connectivity index (χ0n) is 15.9. The smallest absolute Gasteiger partial charge is 0.199 e. The molecule has 0 aromatic rings. The van der Waals surface area contributed by atoms with Crippen molar-refractivity contribution in [2.24, 2.45) is 4.99 Å². The fourth-order valence-corrected chi connectivity index (χ4v) is 3.28. The molecule has 0 radical (unpaired) electrons. The highest BCUT2D eigenvalue weighted by Gasteiger charge is 2.21. The Balaban J connectivity index is 0.00000529. The summed E-state index contributed by atoms with van der Waals surface area (Å²) in [6, 6.07) is 0. The summed E-state index contributed by atoms with van der Waals surface area (Å²) in [5.41, 5.74) is 0. The van der Waals surface area contributed by atoms with Gasteiger partial charge >= 0.3 is 0 Å². The molecule has 0 saturated carbocycles. The number of rotatable bonds is 16. The molecule has 3 heteroatoms. The molecule has 1 unspecified atom stereocenters. The zero-order chi connectivity index (χ0) is 16.6. The molecule has 0 spiro atoms. The van der Waals surface area contributed by atoms with Gasteiger partial charge in [-0.3, -0.25) is 0 Å². The molecule has 140 valence electrons. The van der Waals surface area contributed by atoms with Crippen molar-refractivity contribution in [3.8, 4) is 0 Å². The molecule has 1 rings (SSSR count). The largest absolute Gasteiger partial charge is 1.00 e. The Hall–Kier alpha value is -0.410. The van der Waals surface area contributed by atoms with Crippen LogP contribution in [0.4, 0.5) is 0 Å². The van der Waals surface area contributed by atoms with Gasteiger partial charge in [-0.25, -0.2) is 9.48 Å². The van der Waals surface area contributed by atoms with Gasteiger partial charge in [0.1, 0.15) is 6.20 Å². The summed E-state index contributed by atoms with van der Waals surface area (Å²) in [5, 5.41) is 0. The molecule has 24 heavy (non-hydrogen) atoms.